The van der Waals surface area contributed by atoms with Gasteiger partial charge in [0.05, 0.1) is 17.0 Å². The van der Waals surface area contributed by atoms with Gasteiger partial charge in [0.1, 0.15) is 5.75 Å². The molecule has 1 aromatic carbocycles. The number of rotatable bonds is 4. The third-order valence-electron chi connectivity index (χ3n) is 3.00. The summed E-state index contributed by atoms with van der Waals surface area (Å²) < 4.78 is 0. The van der Waals surface area contributed by atoms with Crippen molar-refractivity contribution in [3.63, 3.8) is 0 Å². The molecule has 2 rings (SSSR count). The van der Waals surface area contributed by atoms with Crippen molar-refractivity contribution < 1.29 is 9.90 Å². The molecule has 0 spiro atoms. The van der Waals surface area contributed by atoms with Crippen LogP contribution in [0.1, 0.15) is 34.2 Å². The second-order valence-corrected chi connectivity index (χ2v) is 4.51. The summed E-state index contributed by atoms with van der Waals surface area (Å²) >= 11 is 0. The zero-order valence-electron chi connectivity index (χ0n) is 11.6. The molecule has 2 N–H and O–H groups in total. The van der Waals surface area contributed by atoms with Gasteiger partial charge in [-0.1, -0.05) is 25.1 Å². The molecule has 0 bridgehead atoms. The van der Waals surface area contributed by atoms with Gasteiger partial charge in [-0.05, 0) is 25.5 Å². The Kier molecular flexibility index (Phi) is 4.30. The third kappa shape index (κ3) is 3.12. The van der Waals surface area contributed by atoms with E-state index in [0.717, 1.165) is 0 Å². The second-order valence-electron chi connectivity index (χ2n) is 4.51. The molecule has 1 heterocycles. The van der Waals surface area contributed by atoms with Crippen molar-refractivity contribution in [3.8, 4) is 5.75 Å². The van der Waals surface area contributed by atoms with E-state index < -0.39 is 0 Å². The molecule has 0 aliphatic heterocycles. The minimum Gasteiger partial charge on any atom is -0.508 e. The van der Waals surface area contributed by atoms with Gasteiger partial charge in [0.25, 0.3) is 5.91 Å². The molecular formula is C15H17N3O2. The highest BCUT2D eigenvalue weighted by Crippen LogP contribution is 2.15. The molecule has 0 atom stereocenters. The van der Waals surface area contributed by atoms with Crippen molar-refractivity contribution in [1.29, 1.82) is 0 Å². The first-order valence-corrected chi connectivity index (χ1v) is 6.50. The summed E-state index contributed by atoms with van der Waals surface area (Å²) in [6.07, 6.45) is 0.645. The van der Waals surface area contributed by atoms with Crippen molar-refractivity contribution in [1.82, 2.24) is 15.5 Å². The maximum Gasteiger partial charge on any atom is 0.253 e. The number of hydrogen-bond donors (Lipinski definition) is 2. The largest absolute Gasteiger partial charge is 0.508 e. The number of carbonyl (C=O) groups is 1. The molecular weight excluding hydrogens is 254 g/mol. The van der Waals surface area contributed by atoms with Crippen LogP contribution in [0.4, 0.5) is 0 Å². The SMILES string of the molecule is CCc1nnc(C)cc1C(=O)NCc1ccccc1O. The number of hydrogen-bond acceptors (Lipinski definition) is 4. The Balaban J connectivity index is 2.13. The molecule has 2 aromatic rings. The number of nitrogens with zero attached hydrogens (tertiary/aromatic N) is 2. The lowest BCUT2D eigenvalue weighted by Crippen LogP contribution is -2.24. The molecule has 0 aliphatic carbocycles. The number of aromatic nitrogens is 2. The fourth-order valence-corrected chi connectivity index (χ4v) is 1.90. The lowest BCUT2D eigenvalue weighted by Gasteiger charge is -2.09. The standard InChI is InChI=1S/C15H17N3O2/c1-3-13-12(8-10(2)17-18-13)15(20)16-9-11-6-4-5-7-14(11)19/h4-8,19H,3,9H2,1-2H3,(H,16,20). The zero-order valence-corrected chi connectivity index (χ0v) is 11.6. The summed E-state index contributed by atoms with van der Waals surface area (Å²) in [4.78, 5) is 12.2. The predicted octanol–water partition coefficient (Wildman–Crippen LogP) is 1.98. The molecule has 20 heavy (non-hydrogen) atoms. The summed E-state index contributed by atoms with van der Waals surface area (Å²) in [5.41, 5.74) is 2.59. The molecule has 0 fully saturated rings. The Labute approximate surface area is 117 Å². The van der Waals surface area contributed by atoms with Gasteiger partial charge < -0.3 is 10.4 Å². The number of phenolic OH excluding ortho intramolecular Hbond substituents is 1. The van der Waals surface area contributed by atoms with Gasteiger partial charge in [-0.2, -0.15) is 10.2 Å². The second kappa shape index (κ2) is 6.14. The number of aryl methyl sites for hydroxylation is 2. The zero-order chi connectivity index (χ0) is 14.5. The molecule has 5 heteroatoms. The van der Waals surface area contributed by atoms with Gasteiger partial charge in [0.2, 0.25) is 0 Å². The van der Waals surface area contributed by atoms with E-state index in [2.05, 4.69) is 15.5 Å². The number of para-hydroxylation sites is 1. The van der Waals surface area contributed by atoms with Crippen LogP contribution in [0.5, 0.6) is 5.75 Å². The van der Waals surface area contributed by atoms with Crippen molar-refractivity contribution in [2.24, 2.45) is 0 Å². The highest BCUT2D eigenvalue weighted by atomic mass is 16.3. The lowest BCUT2D eigenvalue weighted by molar-refractivity contribution is 0.0949. The van der Waals surface area contributed by atoms with Crippen LogP contribution in [0.3, 0.4) is 0 Å². The van der Waals surface area contributed by atoms with Gasteiger partial charge in [0.15, 0.2) is 0 Å². The molecule has 1 aromatic heterocycles. The van der Waals surface area contributed by atoms with Crippen LogP contribution in [0, 0.1) is 6.92 Å². The quantitative estimate of drug-likeness (QED) is 0.891. The van der Waals surface area contributed by atoms with E-state index in [1.807, 2.05) is 13.0 Å². The molecule has 104 valence electrons. The van der Waals surface area contributed by atoms with Crippen molar-refractivity contribution in [3.05, 3.63) is 52.8 Å². The number of carbonyl (C=O) groups excluding carboxylic acids is 1. The van der Waals surface area contributed by atoms with E-state index in [4.69, 9.17) is 0 Å². The van der Waals surface area contributed by atoms with Gasteiger partial charge >= 0.3 is 0 Å². The van der Waals surface area contributed by atoms with Gasteiger partial charge in [-0.15, -0.1) is 0 Å². The monoisotopic (exact) mass is 271 g/mol. The maximum absolute atomic E-state index is 12.2. The van der Waals surface area contributed by atoms with Gasteiger partial charge in [0, 0.05) is 12.1 Å². The van der Waals surface area contributed by atoms with E-state index in [0.29, 0.717) is 28.9 Å². The van der Waals surface area contributed by atoms with Crippen LogP contribution in [0.15, 0.2) is 30.3 Å². The minimum atomic E-state index is -0.205. The number of phenols is 1. The smallest absolute Gasteiger partial charge is 0.253 e. The summed E-state index contributed by atoms with van der Waals surface area (Å²) in [7, 11) is 0. The fourth-order valence-electron chi connectivity index (χ4n) is 1.90. The Bertz CT molecular complexity index is 626. The average Bonchev–Trinajstić information content (AvgIpc) is 2.46. The molecule has 0 aliphatic rings. The molecule has 0 saturated heterocycles. The Morgan fingerprint density at radius 1 is 1.30 bits per heavy atom. The van der Waals surface area contributed by atoms with Crippen LogP contribution >= 0.6 is 0 Å². The summed E-state index contributed by atoms with van der Waals surface area (Å²) in [5, 5.41) is 20.4. The number of benzene rings is 1. The van der Waals surface area contributed by atoms with Gasteiger partial charge in [-0.3, -0.25) is 4.79 Å². The number of nitrogens with one attached hydrogen (secondary N) is 1. The van der Waals surface area contributed by atoms with E-state index >= 15 is 0 Å². The molecule has 1 amide bonds. The van der Waals surface area contributed by atoms with Crippen molar-refractivity contribution in [2.45, 2.75) is 26.8 Å². The maximum atomic E-state index is 12.2. The average molecular weight is 271 g/mol. The van der Waals surface area contributed by atoms with E-state index in [1.165, 1.54) is 0 Å². The van der Waals surface area contributed by atoms with Gasteiger partial charge in [-0.25, -0.2) is 0 Å². The lowest BCUT2D eigenvalue weighted by atomic mass is 10.1. The van der Waals surface area contributed by atoms with Crippen LogP contribution in [-0.4, -0.2) is 21.2 Å². The molecule has 0 radical (unpaired) electrons. The van der Waals surface area contributed by atoms with Crippen LogP contribution in [0.2, 0.25) is 0 Å². The minimum absolute atomic E-state index is 0.174. The Morgan fingerprint density at radius 3 is 2.75 bits per heavy atom. The van der Waals surface area contributed by atoms with Crippen molar-refractivity contribution in [2.75, 3.05) is 0 Å². The molecule has 5 nitrogen and oxygen atoms in total. The van der Waals surface area contributed by atoms with E-state index in [-0.39, 0.29) is 18.2 Å². The predicted molar refractivity (Wildman–Crippen MR) is 75.4 cm³/mol. The van der Waals surface area contributed by atoms with Crippen LogP contribution in [0.25, 0.3) is 0 Å². The summed E-state index contributed by atoms with van der Waals surface area (Å²) in [6.45, 7) is 4.00. The molecule has 0 saturated carbocycles. The van der Waals surface area contributed by atoms with Crippen molar-refractivity contribution >= 4 is 5.91 Å². The first-order valence-electron chi connectivity index (χ1n) is 6.50. The van der Waals surface area contributed by atoms with E-state index in [1.54, 1.807) is 31.2 Å². The highest BCUT2D eigenvalue weighted by Gasteiger charge is 2.13. The molecule has 0 unspecified atom stereocenters. The first-order chi connectivity index (χ1) is 9.61. The van der Waals surface area contributed by atoms with E-state index in [9.17, 15) is 9.90 Å². The number of aromatic hydroxyl groups is 1. The fraction of sp³-hybridized carbons (Fsp3) is 0.267. The normalized spacial score (nSPS) is 10.3. The Morgan fingerprint density at radius 2 is 2.05 bits per heavy atom. The first kappa shape index (κ1) is 14.0. The third-order valence-corrected chi connectivity index (χ3v) is 3.00. The van der Waals surface area contributed by atoms with Crippen LogP contribution < -0.4 is 5.32 Å². The summed E-state index contributed by atoms with van der Waals surface area (Å²) in [5.74, 6) is -0.0318. The highest BCUT2D eigenvalue weighted by molar-refractivity contribution is 5.95. The Hall–Kier alpha value is -2.43. The van der Waals surface area contributed by atoms with Crippen LogP contribution in [-0.2, 0) is 13.0 Å². The summed E-state index contributed by atoms with van der Waals surface area (Å²) in [6, 6.07) is 8.65. The number of amides is 1. The topological polar surface area (TPSA) is 75.1 Å².